The second-order valence-electron chi connectivity index (χ2n) is 9.61. The van der Waals surface area contributed by atoms with Crippen LogP contribution < -0.4 is 15.5 Å². The van der Waals surface area contributed by atoms with E-state index in [1.807, 2.05) is 72.8 Å². The van der Waals surface area contributed by atoms with E-state index < -0.39 is 16.9 Å². The third-order valence-corrected chi connectivity index (χ3v) is 7.73. The number of rotatable bonds is 5. The fourth-order valence-corrected chi connectivity index (χ4v) is 6.17. The van der Waals surface area contributed by atoms with Crippen LogP contribution in [0.2, 0.25) is 0 Å². The van der Waals surface area contributed by atoms with Gasteiger partial charge in [0.2, 0.25) is 17.4 Å². The van der Waals surface area contributed by atoms with Crippen molar-refractivity contribution in [1.82, 2.24) is 0 Å². The number of unbranched alkanes of at least 4 members (excludes halogenated alkanes) is 1. The van der Waals surface area contributed by atoms with Crippen LogP contribution in [0.25, 0.3) is 0 Å². The molecule has 3 aliphatic heterocycles. The highest BCUT2D eigenvalue weighted by molar-refractivity contribution is 6.20. The number of hydrogen-bond donors (Lipinski definition) is 1. The van der Waals surface area contributed by atoms with Crippen molar-refractivity contribution in [2.24, 2.45) is 5.73 Å². The minimum absolute atomic E-state index is 0.0198. The molecule has 0 aliphatic carbocycles. The van der Waals surface area contributed by atoms with Crippen LogP contribution in [-0.4, -0.2) is 18.4 Å². The van der Waals surface area contributed by atoms with Crippen LogP contribution in [0.5, 0.6) is 0 Å². The van der Waals surface area contributed by atoms with E-state index in [0.717, 1.165) is 18.4 Å². The SMILES string of the molecule is CCCCN1C(=O)[C@@]2(C(C#N)=C(N)O[C@@]23C(=O)N(Cc2ccccc2)c2ccccc23)c2ccccc21. The smallest absolute Gasteiger partial charge is 0.278 e. The summed E-state index contributed by atoms with van der Waals surface area (Å²) in [5.74, 6) is -0.956. The van der Waals surface area contributed by atoms with Crippen molar-refractivity contribution in [3.8, 4) is 6.07 Å². The highest BCUT2D eigenvalue weighted by Gasteiger charge is 2.78. The first kappa shape index (κ1) is 22.9. The van der Waals surface area contributed by atoms with E-state index in [9.17, 15) is 14.9 Å². The van der Waals surface area contributed by atoms with Crippen molar-refractivity contribution in [2.75, 3.05) is 16.3 Å². The number of anilines is 2. The lowest BCUT2D eigenvalue weighted by atomic mass is 9.62. The van der Waals surface area contributed by atoms with E-state index in [-0.39, 0.29) is 23.9 Å². The predicted molar refractivity (Wildman–Crippen MR) is 139 cm³/mol. The number of nitrogens with two attached hydrogens (primary N) is 1. The molecule has 0 saturated heterocycles. The molecule has 2 atom stereocenters. The van der Waals surface area contributed by atoms with Crippen LogP contribution in [0.3, 0.4) is 0 Å². The van der Waals surface area contributed by atoms with Crippen LogP contribution in [0, 0.1) is 11.3 Å². The van der Waals surface area contributed by atoms with Gasteiger partial charge < -0.3 is 20.3 Å². The Labute approximate surface area is 215 Å². The number of fused-ring (bicyclic) bond motifs is 5. The number of para-hydroxylation sites is 2. The summed E-state index contributed by atoms with van der Waals surface area (Å²) in [6.45, 7) is 2.81. The summed E-state index contributed by atoms with van der Waals surface area (Å²) < 4.78 is 6.33. The molecule has 7 heteroatoms. The van der Waals surface area contributed by atoms with Gasteiger partial charge >= 0.3 is 0 Å². The summed E-state index contributed by atoms with van der Waals surface area (Å²) in [5.41, 5.74) is 6.14. The Balaban J connectivity index is 1.63. The molecule has 184 valence electrons. The van der Waals surface area contributed by atoms with Gasteiger partial charge in [-0.3, -0.25) is 9.59 Å². The van der Waals surface area contributed by atoms with Crippen LogP contribution >= 0.6 is 0 Å². The quantitative estimate of drug-likeness (QED) is 0.577. The topological polar surface area (TPSA) is 99.7 Å². The Hall–Kier alpha value is -4.57. The number of benzene rings is 3. The van der Waals surface area contributed by atoms with Gasteiger partial charge in [-0.15, -0.1) is 0 Å². The van der Waals surface area contributed by atoms with Gasteiger partial charge in [-0.05, 0) is 24.1 Å². The van der Waals surface area contributed by atoms with E-state index in [4.69, 9.17) is 10.5 Å². The molecule has 0 fully saturated rings. The molecule has 3 aromatic carbocycles. The van der Waals surface area contributed by atoms with E-state index in [1.165, 1.54) is 0 Å². The van der Waals surface area contributed by atoms with Crippen LogP contribution in [0.1, 0.15) is 36.5 Å². The molecule has 6 rings (SSSR count). The molecule has 2 spiro atoms. The van der Waals surface area contributed by atoms with Crippen LogP contribution in [0.4, 0.5) is 11.4 Å². The maximum absolute atomic E-state index is 14.7. The number of hydrogen-bond acceptors (Lipinski definition) is 5. The lowest BCUT2D eigenvalue weighted by molar-refractivity contribution is -0.148. The molecule has 37 heavy (non-hydrogen) atoms. The first-order valence-corrected chi connectivity index (χ1v) is 12.5. The van der Waals surface area contributed by atoms with Crippen LogP contribution in [0.15, 0.2) is 90.3 Å². The second kappa shape index (κ2) is 8.24. The fraction of sp³-hybridized carbons (Fsp3) is 0.233. The zero-order valence-electron chi connectivity index (χ0n) is 20.5. The third-order valence-electron chi connectivity index (χ3n) is 7.73. The normalized spacial score (nSPS) is 23.6. The number of amides is 2. The average molecular weight is 491 g/mol. The maximum atomic E-state index is 14.7. The number of ether oxygens (including phenoxy) is 1. The summed E-state index contributed by atoms with van der Waals surface area (Å²) in [6, 6.07) is 26.5. The Morgan fingerprint density at radius 3 is 2.16 bits per heavy atom. The van der Waals surface area contributed by atoms with Gasteiger partial charge in [0.1, 0.15) is 11.6 Å². The lowest BCUT2D eigenvalue weighted by Crippen LogP contribution is -2.59. The van der Waals surface area contributed by atoms with Gasteiger partial charge in [0.25, 0.3) is 5.91 Å². The molecule has 7 nitrogen and oxygen atoms in total. The first-order valence-electron chi connectivity index (χ1n) is 12.5. The van der Waals surface area contributed by atoms with Crippen molar-refractivity contribution < 1.29 is 14.3 Å². The predicted octanol–water partition coefficient (Wildman–Crippen LogP) is 4.24. The Kier molecular flexibility index (Phi) is 5.09. The van der Waals surface area contributed by atoms with Crippen LogP contribution in [-0.2, 0) is 31.9 Å². The monoisotopic (exact) mass is 490 g/mol. The fourth-order valence-electron chi connectivity index (χ4n) is 6.17. The highest BCUT2D eigenvalue weighted by atomic mass is 16.5. The first-order chi connectivity index (χ1) is 18.0. The van der Waals surface area contributed by atoms with Gasteiger partial charge in [0, 0.05) is 23.4 Å². The summed E-state index contributed by atoms with van der Waals surface area (Å²) in [6.07, 6.45) is 1.66. The molecule has 0 unspecified atom stereocenters. The summed E-state index contributed by atoms with van der Waals surface area (Å²) in [4.78, 5) is 32.6. The zero-order valence-corrected chi connectivity index (χ0v) is 20.5. The molecule has 3 heterocycles. The minimum atomic E-state index is -1.83. The van der Waals surface area contributed by atoms with Gasteiger partial charge in [0.05, 0.1) is 12.2 Å². The highest BCUT2D eigenvalue weighted by Crippen LogP contribution is 2.65. The van der Waals surface area contributed by atoms with Crippen molar-refractivity contribution in [3.63, 3.8) is 0 Å². The zero-order chi connectivity index (χ0) is 25.8. The van der Waals surface area contributed by atoms with E-state index in [0.29, 0.717) is 29.0 Å². The summed E-state index contributed by atoms with van der Waals surface area (Å²) in [7, 11) is 0. The molecule has 2 amide bonds. The number of carbonyl (C=O) groups excluding carboxylic acids is 2. The molecule has 0 bridgehead atoms. The van der Waals surface area contributed by atoms with Gasteiger partial charge in [-0.2, -0.15) is 5.26 Å². The van der Waals surface area contributed by atoms with Gasteiger partial charge in [-0.1, -0.05) is 80.1 Å². The van der Waals surface area contributed by atoms with E-state index >= 15 is 0 Å². The summed E-state index contributed by atoms with van der Waals surface area (Å²) in [5, 5.41) is 10.4. The Morgan fingerprint density at radius 2 is 1.49 bits per heavy atom. The molecular formula is C30H26N4O3. The molecular weight excluding hydrogens is 464 g/mol. The van der Waals surface area contributed by atoms with Crippen molar-refractivity contribution in [3.05, 3.63) is 107 Å². The van der Waals surface area contributed by atoms with Gasteiger partial charge in [-0.25, -0.2) is 0 Å². The molecule has 2 N–H and O–H groups in total. The molecule has 0 aromatic heterocycles. The van der Waals surface area contributed by atoms with Gasteiger partial charge in [0.15, 0.2) is 5.41 Å². The van der Waals surface area contributed by atoms with Crippen molar-refractivity contribution in [1.29, 1.82) is 5.26 Å². The number of nitriles is 1. The number of carbonyl (C=O) groups is 2. The van der Waals surface area contributed by atoms with E-state index in [2.05, 4.69) is 13.0 Å². The Bertz CT molecular complexity index is 1510. The second-order valence-corrected chi connectivity index (χ2v) is 9.61. The van der Waals surface area contributed by atoms with E-state index in [1.54, 1.807) is 15.9 Å². The molecule has 0 radical (unpaired) electrons. The molecule has 0 saturated carbocycles. The summed E-state index contributed by atoms with van der Waals surface area (Å²) >= 11 is 0. The largest absolute Gasteiger partial charge is 0.455 e. The molecule has 3 aromatic rings. The number of nitrogens with zero attached hydrogens (tertiary/aromatic N) is 3. The third kappa shape index (κ3) is 2.75. The maximum Gasteiger partial charge on any atom is 0.278 e. The Morgan fingerprint density at radius 1 is 0.865 bits per heavy atom. The lowest BCUT2D eigenvalue weighted by Gasteiger charge is -2.37. The van der Waals surface area contributed by atoms with Crippen molar-refractivity contribution in [2.45, 2.75) is 37.3 Å². The van der Waals surface area contributed by atoms with Crippen molar-refractivity contribution >= 4 is 23.2 Å². The molecule has 3 aliphatic rings. The minimum Gasteiger partial charge on any atom is -0.455 e. The average Bonchev–Trinajstić information content (AvgIpc) is 3.44. The standard InChI is InChI=1S/C30H26N4O3/c1-2-3-17-33-24-15-9-7-13-21(24)29(27(33)35)23(18-31)26(32)37-30(29)22-14-8-10-16-25(22)34(28(30)36)19-20-11-5-4-6-12-20/h4-16H,2-3,17,19,32H2,1H3/t29-,30-/m0/s1.